The molecule has 0 radical (unpaired) electrons. The van der Waals surface area contributed by atoms with E-state index < -0.39 is 0 Å². The zero-order valence-corrected chi connectivity index (χ0v) is 12.6. The number of esters is 1. The van der Waals surface area contributed by atoms with Crippen LogP contribution in [0.3, 0.4) is 0 Å². The fraction of sp³-hybridized carbons (Fsp3) is 0.471. The first-order valence-electron chi connectivity index (χ1n) is 7.20. The van der Waals surface area contributed by atoms with Gasteiger partial charge in [0.1, 0.15) is 0 Å². The van der Waals surface area contributed by atoms with Crippen LogP contribution in [0.25, 0.3) is 0 Å². The second-order valence-electron chi connectivity index (χ2n) is 5.65. The van der Waals surface area contributed by atoms with Gasteiger partial charge in [-0.25, -0.2) is 0 Å². The average Bonchev–Trinajstić information content (AvgIpc) is 2.61. The molecule has 1 aliphatic rings. The van der Waals surface area contributed by atoms with Crippen LogP contribution in [0.15, 0.2) is 36.5 Å². The Morgan fingerprint density at radius 1 is 1.35 bits per heavy atom. The van der Waals surface area contributed by atoms with E-state index in [1.54, 1.807) is 0 Å². The number of ether oxygens (including phenoxy) is 1. The van der Waals surface area contributed by atoms with Crippen molar-refractivity contribution in [3.63, 3.8) is 0 Å². The van der Waals surface area contributed by atoms with Crippen LogP contribution in [0.2, 0.25) is 0 Å². The Hall–Kier alpha value is -1.77. The van der Waals surface area contributed by atoms with Crippen LogP contribution in [-0.2, 0) is 14.9 Å². The lowest BCUT2D eigenvalue weighted by atomic mass is 9.84. The molecule has 0 spiro atoms. The first-order valence-corrected chi connectivity index (χ1v) is 7.20. The highest BCUT2D eigenvalue weighted by Crippen LogP contribution is 2.46. The number of carbonyl (C=O) groups is 1. The van der Waals surface area contributed by atoms with E-state index in [1.165, 1.54) is 11.3 Å². The zero-order valence-electron chi connectivity index (χ0n) is 12.6. The molecule has 1 aromatic carbocycles. The third-order valence-corrected chi connectivity index (χ3v) is 3.98. The largest absolute Gasteiger partial charge is 0.466 e. The number of para-hydroxylation sites is 1. The van der Waals surface area contributed by atoms with Gasteiger partial charge in [0.25, 0.3) is 0 Å². The van der Waals surface area contributed by atoms with E-state index in [0.717, 1.165) is 18.7 Å². The molecule has 2 rings (SSSR count). The van der Waals surface area contributed by atoms with Crippen molar-refractivity contribution >= 4 is 11.7 Å². The van der Waals surface area contributed by atoms with Gasteiger partial charge in [0, 0.05) is 29.8 Å². The highest BCUT2D eigenvalue weighted by Gasteiger charge is 2.38. The van der Waals surface area contributed by atoms with Gasteiger partial charge in [0.15, 0.2) is 0 Å². The topological polar surface area (TPSA) is 29.5 Å². The zero-order chi connectivity index (χ0) is 14.8. The molecular weight excluding hydrogens is 250 g/mol. The molecule has 0 aliphatic carbocycles. The molecule has 3 heteroatoms. The summed E-state index contributed by atoms with van der Waals surface area (Å²) in [5.74, 6) is -0.121. The number of carbonyl (C=O) groups excluding carboxylic acids is 1. The smallest absolute Gasteiger partial charge is 0.305 e. The molecule has 0 aromatic heterocycles. The summed E-state index contributed by atoms with van der Waals surface area (Å²) in [4.78, 5) is 13.6. The maximum Gasteiger partial charge on any atom is 0.305 e. The molecule has 1 aliphatic heterocycles. The van der Waals surface area contributed by atoms with Crippen molar-refractivity contribution in [2.75, 3.05) is 18.1 Å². The van der Waals surface area contributed by atoms with Gasteiger partial charge in [-0.05, 0) is 25.0 Å². The van der Waals surface area contributed by atoms with Gasteiger partial charge in [0.2, 0.25) is 0 Å². The van der Waals surface area contributed by atoms with E-state index >= 15 is 0 Å². The fourth-order valence-corrected chi connectivity index (χ4v) is 2.75. The Morgan fingerprint density at radius 3 is 2.75 bits per heavy atom. The van der Waals surface area contributed by atoms with Gasteiger partial charge >= 0.3 is 5.97 Å². The number of allylic oxidation sites excluding steroid dienone is 1. The van der Waals surface area contributed by atoms with Gasteiger partial charge in [-0.2, -0.15) is 0 Å². The average molecular weight is 273 g/mol. The molecule has 0 saturated heterocycles. The molecule has 0 saturated carbocycles. The molecule has 1 heterocycles. The molecule has 0 unspecified atom stereocenters. The van der Waals surface area contributed by atoms with Crippen LogP contribution in [-0.4, -0.2) is 19.1 Å². The number of rotatable bonds is 5. The number of hydrogen-bond donors (Lipinski definition) is 0. The third-order valence-electron chi connectivity index (χ3n) is 3.98. The SMILES string of the molecule is C=C1N(CCCC(=O)OCC)c2ccccc2C1(C)C. The minimum absolute atomic E-state index is 0.0412. The van der Waals surface area contributed by atoms with Crippen LogP contribution in [0, 0.1) is 0 Å². The second-order valence-corrected chi connectivity index (χ2v) is 5.65. The molecule has 0 N–H and O–H groups in total. The Kier molecular flexibility index (Phi) is 4.17. The van der Waals surface area contributed by atoms with Crippen LogP contribution < -0.4 is 4.90 Å². The third kappa shape index (κ3) is 2.58. The summed E-state index contributed by atoms with van der Waals surface area (Å²) < 4.78 is 4.96. The quantitative estimate of drug-likeness (QED) is 0.767. The van der Waals surface area contributed by atoms with Crippen LogP contribution in [0.4, 0.5) is 5.69 Å². The summed E-state index contributed by atoms with van der Waals surface area (Å²) in [5.41, 5.74) is 3.58. The van der Waals surface area contributed by atoms with Crippen molar-refractivity contribution < 1.29 is 9.53 Å². The van der Waals surface area contributed by atoms with Crippen LogP contribution >= 0.6 is 0 Å². The van der Waals surface area contributed by atoms with Crippen molar-refractivity contribution in [2.24, 2.45) is 0 Å². The summed E-state index contributed by atoms with van der Waals surface area (Å²) in [6.45, 7) is 11.7. The predicted octanol–water partition coefficient (Wildman–Crippen LogP) is 3.64. The molecule has 0 amide bonds. The molecular formula is C17H23NO2. The van der Waals surface area contributed by atoms with E-state index in [9.17, 15) is 4.79 Å². The number of benzene rings is 1. The van der Waals surface area contributed by atoms with Crippen molar-refractivity contribution in [2.45, 2.75) is 39.0 Å². The van der Waals surface area contributed by atoms with Crippen molar-refractivity contribution in [3.8, 4) is 0 Å². The van der Waals surface area contributed by atoms with E-state index in [1.807, 2.05) is 13.0 Å². The number of hydrogen-bond acceptors (Lipinski definition) is 3. The standard InChI is InChI=1S/C17H23NO2/c1-5-20-16(19)11-8-12-18-13(2)17(3,4)14-9-6-7-10-15(14)18/h6-7,9-10H,2,5,8,11-12H2,1,3-4H3. The summed E-state index contributed by atoms with van der Waals surface area (Å²) in [5, 5.41) is 0. The molecule has 20 heavy (non-hydrogen) atoms. The van der Waals surface area contributed by atoms with E-state index in [2.05, 4.69) is 43.5 Å². The van der Waals surface area contributed by atoms with Gasteiger partial charge in [-0.1, -0.05) is 38.6 Å². The molecule has 108 valence electrons. The van der Waals surface area contributed by atoms with E-state index in [-0.39, 0.29) is 11.4 Å². The molecule has 0 bridgehead atoms. The fourth-order valence-electron chi connectivity index (χ4n) is 2.75. The summed E-state index contributed by atoms with van der Waals surface area (Å²) in [6.07, 6.45) is 1.24. The second kappa shape index (κ2) is 5.70. The predicted molar refractivity (Wildman–Crippen MR) is 81.8 cm³/mol. The van der Waals surface area contributed by atoms with Crippen molar-refractivity contribution in [3.05, 3.63) is 42.1 Å². The van der Waals surface area contributed by atoms with Gasteiger partial charge in [0.05, 0.1) is 6.61 Å². The number of nitrogens with zero attached hydrogens (tertiary/aromatic N) is 1. The van der Waals surface area contributed by atoms with Crippen molar-refractivity contribution in [1.82, 2.24) is 0 Å². The summed E-state index contributed by atoms with van der Waals surface area (Å²) >= 11 is 0. The highest BCUT2D eigenvalue weighted by atomic mass is 16.5. The number of anilines is 1. The van der Waals surface area contributed by atoms with Crippen LogP contribution in [0.5, 0.6) is 0 Å². The molecule has 3 nitrogen and oxygen atoms in total. The lowest BCUT2D eigenvalue weighted by Gasteiger charge is -2.25. The highest BCUT2D eigenvalue weighted by molar-refractivity contribution is 5.71. The summed E-state index contributed by atoms with van der Waals surface area (Å²) in [7, 11) is 0. The monoisotopic (exact) mass is 273 g/mol. The Labute approximate surface area is 121 Å². The van der Waals surface area contributed by atoms with Gasteiger partial charge < -0.3 is 9.64 Å². The normalized spacial score (nSPS) is 16.1. The lowest BCUT2D eigenvalue weighted by Crippen LogP contribution is -2.26. The first kappa shape index (κ1) is 14.6. The minimum Gasteiger partial charge on any atom is -0.466 e. The first-order chi connectivity index (χ1) is 9.48. The maximum atomic E-state index is 11.4. The maximum absolute atomic E-state index is 11.4. The minimum atomic E-state index is -0.121. The van der Waals surface area contributed by atoms with Gasteiger partial charge in [-0.3, -0.25) is 4.79 Å². The van der Waals surface area contributed by atoms with Gasteiger partial charge in [-0.15, -0.1) is 0 Å². The molecule has 0 fully saturated rings. The van der Waals surface area contributed by atoms with Crippen LogP contribution in [0.1, 0.15) is 39.2 Å². The van der Waals surface area contributed by atoms with E-state index in [0.29, 0.717) is 13.0 Å². The lowest BCUT2D eigenvalue weighted by molar-refractivity contribution is -0.143. The Bertz CT molecular complexity index is 519. The summed E-state index contributed by atoms with van der Waals surface area (Å²) in [6, 6.07) is 8.40. The molecule has 1 aromatic rings. The Morgan fingerprint density at radius 2 is 2.05 bits per heavy atom. The Balaban J connectivity index is 2.06. The van der Waals surface area contributed by atoms with E-state index in [4.69, 9.17) is 4.74 Å². The van der Waals surface area contributed by atoms with Crippen molar-refractivity contribution in [1.29, 1.82) is 0 Å². The molecule has 0 atom stereocenters. The number of fused-ring (bicyclic) bond motifs is 1.